The maximum atomic E-state index is 13.1. The molecule has 0 unspecified atom stereocenters. The molecular formula is C24H34ClN5O4. The van der Waals surface area contributed by atoms with E-state index in [2.05, 4.69) is 15.5 Å². The quantitative estimate of drug-likeness (QED) is 0.617. The van der Waals surface area contributed by atoms with Crippen molar-refractivity contribution < 1.29 is 19.1 Å². The Bertz CT molecular complexity index is 966. The number of rotatable bonds is 5. The lowest BCUT2D eigenvalue weighted by molar-refractivity contribution is -0.139. The first kappa shape index (κ1) is 25.8. The van der Waals surface area contributed by atoms with Crippen LogP contribution in [0.2, 0.25) is 5.02 Å². The number of carbonyl (C=O) groups is 3. The Morgan fingerprint density at radius 3 is 2.47 bits per heavy atom. The van der Waals surface area contributed by atoms with Crippen LogP contribution in [0.5, 0.6) is 0 Å². The largest absolute Gasteiger partial charge is 0.463 e. The molecule has 2 aliphatic heterocycles. The average Bonchev–Trinajstić information content (AvgIpc) is 2.76. The molecular weight excluding hydrogens is 458 g/mol. The van der Waals surface area contributed by atoms with Gasteiger partial charge in [-0.15, -0.1) is 0 Å². The highest BCUT2D eigenvalue weighted by Crippen LogP contribution is 2.32. The van der Waals surface area contributed by atoms with Crippen LogP contribution in [0.3, 0.4) is 0 Å². The minimum atomic E-state index is -0.671. The predicted molar refractivity (Wildman–Crippen MR) is 130 cm³/mol. The van der Waals surface area contributed by atoms with Gasteiger partial charge < -0.3 is 20.3 Å². The number of hydrogen-bond acceptors (Lipinski definition) is 5. The summed E-state index contributed by atoms with van der Waals surface area (Å²) in [6.45, 7) is 10.5. The predicted octanol–water partition coefficient (Wildman–Crippen LogP) is 2.98. The second kappa shape index (κ2) is 10.7. The van der Waals surface area contributed by atoms with Crippen LogP contribution in [0.15, 0.2) is 35.5 Å². The van der Waals surface area contributed by atoms with E-state index in [4.69, 9.17) is 16.3 Å². The number of nitrogens with one attached hydrogen (secondary N) is 2. The number of likely N-dealkylation sites (N-methyl/N-ethyl adjacent to an activating group) is 1. The topological polar surface area (TPSA) is 94.2 Å². The smallest absolute Gasteiger partial charge is 0.338 e. The van der Waals surface area contributed by atoms with Crippen molar-refractivity contribution in [1.29, 1.82) is 0 Å². The van der Waals surface area contributed by atoms with E-state index in [1.54, 1.807) is 37.1 Å². The van der Waals surface area contributed by atoms with Gasteiger partial charge in [0.2, 0.25) is 0 Å². The second-order valence-electron chi connectivity index (χ2n) is 9.52. The van der Waals surface area contributed by atoms with Gasteiger partial charge in [0.15, 0.2) is 0 Å². The summed E-state index contributed by atoms with van der Waals surface area (Å²) in [5.74, 6) is -0.475. The van der Waals surface area contributed by atoms with Gasteiger partial charge in [-0.2, -0.15) is 0 Å². The molecule has 1 aromatic carbocycles. The SMILES string of the molecule is CCOC(=O)C1=C(CN2CCN(C(=O)NC(C)(C)C)CC2)N(C)C(=O)N[C@@H]1c1cccc(Cl)c1. The normalized spacial score (nSPS) is 19.7. The van der Waals surface area contributed by atoms with Gasteiger partial charge in [-0.3, -0.25) is 9.80 Å². The van der Waals surface area contributed by atoms with Gasteiger partial charge in [-0.05, 0) is 45.4 Å². The molecule has 1 fully saturated rings. The highest BCUT2D eigenvalue weighted by molar-refractivity contribution is 6.30. The average molecular weight is 492 g/mol. The maximum Gasteiger partial charge on any atom is 0.338 e. The van der Waals surface area contributed by atoms with Crippen molar-refractivity contribution in [2.45, 2.75) is 39.3 Å². The third-order valence-electron chi connectivity index (χ3n) is 5.77. The zero-order valence-electron chi connectivity index (χ0n) is 20.5. The Labute approximate surface area is 206 Å². The Kier molecular flexibility index (Phi) is 8.09. The van der Waals surface area contributed by atoms with Crippen molar-refractivity contribution in [3.63, 3.8) is 0 Å². The molecule has 34 heavy (non-hydrogen) atoms. The number of ether oxygens (including phenoxy) is 1. The maximum absolute atomic E-state index is 13.1. The number of hydrogen-bond donors (Lipinski definition) is 2. The summed E-state index contributed by atoms with van der Waals surface area (Å²) in [5.41, 5.74) is 1.37. The van der Waals surface area contributed by atoms with Crippen molar-refractivity contribution in [2.75, 3.05) is 46.4 Å². The lowest BCUT2D eigenvalue weighted by Gasteiger charge is -2.40. The first-order valence-corrected chi connectivity index (χ1v) is 11.9. The van der Waals surface area contributed by atoms with Crippen LogP contribution >= 0.6 is 11.6 Å². The van der Waals surface area contributed by atoms with Crippen LogP contribution in [0.25, 0.3) is 0 Å². The number of nitrogens with zero attached hydrogens (tertiary/aromatic N) is 3. The van der Waals surface area contributed by atoms with Gasteiger partial charge in [-0.25, -0.2) is 14.4 Å². The van der Waals surface area contributed by atoms with Crippen molar-refractivity contribution in [1.82, 2.24) is 25.3 Å². The third-order valence-corrected chi connectivity index (χ3v) is 6.00. The molecule has 3 rings (SSSR count). The van der Waals surface area contributed by atoms with Crippen LogP contribution < -0.4 is 10.6 Å². The van der Waals surface area contributed by atoms with Gasteiger partial charge in [0.1, 0.15) is 0 Å². The van der Waals surface area contributed by atoms with Crippen molar-refractivity contribution in [2.24, 2.45) is 0 Å². The molecule has 186 valence electrons. The summed E-state index contributed by atoms with van der Waals surface area (Å²) < 4.78 is 5.37. The van der Waals surface area contributed by atoms with Crippen LogP contribution in [-0.2, 0) is 9.53 Å². The number of esters is 1. The molecule has 4 amide bonds. The van der Waals surface area contributed by atoms with Gasteiger partial charge in [0, 0.05) is 56.0 Å². The Morgan fingerprint density at radius 1 is 1.21 bits per heavy atom. The number of urea groups is 2. The van der Waals surface area contributed by atoms with Gasteiger partial charge in [0.05, 0.1) is 18.2 Å². The number of benzene rings is 1. The van der Waals surface area contributed by atoms with E-state index in [0.29, 0.717) is 54.6 Å². The van der Waals surface area contributed by atoms with E-state index in [1.807, 2.05) is 26.8 Å². The lowest BCUT2D eigenvalue weighted by atomic mass is 9.94. The number of amides is 4. The van der Waals surface area contributed by atoms with Crippen molar-refractivity contribution >= 4 is 29.6 Å². The minimum absolute atomic E-state index is 0.0891. The van der Waals surface area contributed by atoms with Crippen LogP contribution in [0.1, 0.15) is 39.3 Å². The molecule has 10 heteroatoms. The summed E-state index contributed by atoms with van der Waals surface area (Å²) in [6, 6.07) is 6.02. The van der Waals surface area contributed by atoms with Crippen LogP contribution in [0.4, 0.5) is 9.59 Å². The van der Waals surface area contributed by atoms with Gasteiger partial charge >= 0.3 is 18.0 Å². The Morgan fingerprint density at radius 2 is 1.88 bits per heavy atom. The van der Waals surface area contributed by atoms with E-state index in [1.165, 1.54) is 4.90 Å². The highest BCUT2D eigenvalue weighted by Gasteiger charge is 2.38. The fourth-order valence-electron chi connectivity index (χ4n) is 4.05. The van der Waals surface area contributed by atoms with Crippen molar-refractivity contribution in [3.8, 4) is 0 Å². The molecule has 0 bridgehead atoms. The summed E-state index contributed by atoms with van der Waals surface area (Å²) in [7, 11) is 1.64. The molecule has 0 aromatic heterocycles. The zero-order valence-corrected chi connectivity index (χ0v) is 21.2. The lowest BCUT2D eigenvalue weighted by Crippen LogP contribution is -2.56. The summed E-state index contributed by atoms with van der Waals surface area (Å²) in [5, 5.41) is 6.40. The number of piperazine rings is 1. The van der Waals surface area contributed by atoms with Gasteiger partial charge in [-0.1, -0.05) is 23.7 Å². The highest BCUT2D eigenvalue weighted by atomic mass is 35.5. The van der Waals surface area contributed by atoms with E-state index in [0.717, 1.165) is 0 Å². The molecule has 0 aliphatic carbocycles. The van der Waals surface area contributed by atoms with E-state index >= 15 is 0 Å². The van der Waals surface area contributed by atoms with Crippen molar-refractivity contribution in [3.05, 3.63) is 46.1 Å². The summed E-state index contributed by atoms with van der Waals surface area (Å²) >= 11 is 6.19. The van der Waals surface area contributed by atoms with Crippen LogP contribution in [0, 0.1) is 0 Å². The fourth-order valence-corrected chi connectivity index (χ4v) is 4.25. The molecule has 1 aromatic rings. The van der Waals surface area contributed by atoms with E-state index < -0.39 is 12.0 Å². The van der Waals surface area contributed by atoms with E-state index in [-0.39, 0.29) is 24.2 Å². The Hall–Kier alpha value is -2.78. The molecule has 9 nitrogen and oxygen atoms in total. The molecule has 1 saturated heterocycles. The third kappa shape index (κ3) is 6.21. The first-order chi connectivity index (χ1) is 16.0. The minimum Gasteiger partial charge on any atom is -0.463 e. The fraction of sp³-hybridized carbons (Fsp3) is 0.542. The molecule has 0 radical (unpaired) electrons. The van der Waals surface area contributed by atoms with E-state index in [9.17, 15) is 14.4 Å². The molecule has 2 aliphatic rings. The Balaban J connectivity index is 1.85. The molecule has 0 saturated carbocycles. The van der Waals surface area contributed by atoms with Gasteiger partial charge in [0.25, 0.3) is 0 Å². The zero-order chi connectivity index (χ0) is 25.0. The first-order valence-electron chi connectivity index (χ1n) is 11.5. The summed E-state index contributed by atoms with van der Waals surface area (Å²) in [6.07, 6.45) is 0. The number of carbonyl (C=O) groups excluding carboxylic acids is 3. The molecule has 0 spiro atoms. The molecule has 2 N–H and O–H groups in total. The second-order valence-corrected chi connectivity index (χ2v) is 9.96. The number of halogens is 1. The standard InChI is InChI=1S/C24H34ClN5O4/c1-6-34-21(31)19-18(15-29-10-12-30(13-11-29)23(33)27-24(2,3)4)28(5)22(32)26-20(19)16-8-7-9-17(25)14-16/h7-9,14,20H,6,10-13,15H2,1-5H3,(H,26,32)(H,27,33)/t20-/m1/s1. The molecule has 1 atom stereocenters. The molecule has 2 heterocycles. The monoisotopic (exact) mass is 491 g/mol. The van der Waals surface area contributed by atoms with Crippen LogP contribution in [-0.4, -0.2) is 84.6 Å². The summed E-state index contributed by atoms with van der Waals surface area (Å²) in [4.78, 5) is 43.8.